The second-order valence-electron chi connectivity index (χ2n) is 9.46. The number of nitrogens with zero attached hydrogens (tertiary/aromatic N) is 1. The first-order valence-corrected chi connectivity index (χ1v) is 12.4. The predicted molar refractivity (Wildman–Crippen MR) is 138 cm³/mol. The standard InChI is InChI=1S/C27H30N2O4.C2H6/c1-27(2,3)33-26(31)22-23(32-17-18-11-6-4-7-12-18)25(30)29-24(28-22)21-16-10-15-20(21)19-13-8-5-9-14-19;1-2/h4-9,11-14,20-21H,10,15-17H2,1-3H3,(H,28,29,30);1-2H3. The largest absolute Gasteiger partial charge is 0.481 e. The molecule has 2 aromatic carbocycles. The third-order valence-electron chi connectivity index (χ3n) is 5.81. The summed E-state index contributed by atoms with van der Waals surface area (Å²) in [5.74, 6) is -0.000983. The fraction of sp³-hybridized carbons (Fsp3) is 0.414. The van der Waals surface area contributed by atoms with Crippen LogP contribution in [-0.4, -0.2) is 21.5 Å². The number of esters is 1. The van der Waals surface area contributed by atoms with Gasteiger partial charge in [-0.1, -0.05) is 80.9 Å². The minimum atomic E-state index is -0.724. The lowest BCUT2D eigenvalue weighted by atomic mass is 9.88. The van der Waals surface area contributed by atoms with Crippen LogP contribution in [0.25, 0.3) is 0 Å². The predicted octanol–water partition coefficient (Wildman–Crippen LogP) is 6.38. The van der Waals surface area contributed by atoms with Crippen LogP contribution in [-0.2, 0) is 11.3 Å². The molecule has 0 bridgehead atoms. The Morgan fingerprint density at radius 2 is 1.57 bits per heavy atom. The normalized spacial score (nSPS) is 17.3. The number of benzene rings is 2. The number of ether oxygens (including phenoxy) is 2. The average Bonchev–Trinajstić information content (AvgIpc) is 3.34. The summed E-state index contributed by atoms with van der Waals surface area (Å²) in [6, 6.07) is 19.7. The van der Waals surface area contributed by atoms with Crippen LogP contribution in [0, 0.1) is 0 Å². The van der Waals surface area contributed by atoms with Crippen molar-refractivity contribution in [2.45, 2.75) is 77.9 Å². The summed E-state index contributed by atoms with van der Waals surface area (Å²) in [4.78, 5) is 33.7. The third kappa shape index (κ3) is 6.81. The number of carbonyl (C=O) groups excluding carboxylic acids is 1. The second-order valence-corrected chi connectivity index (χ2v) is 9.46. The van der Waals surface area contributed by atoms with Crippen molar-refractivity contribution < 1.29 is 14.3 Å². The van der Waals surface area contributed by atoms with E-state index in [0.29, 0.717) is 5.82 Å². The lowest BCUT2D eigenvalue weighted by molar-refractivity contribution is 0.00571. The molecule has 2 atom stereocenters. The van der Waals surface area contributed by atoms with Crippen LogP contribution in [0.15, 0.2) is 65.5 Å². The Kier molecular flexibility index (Phi) is 8.85. The zero-order valence-corrected chi connectivity index (χ0v) is 21.3. The van der Waals surface area contributed by atoms with E-state index in [1.54, 1.807) is 20.8 Å². The smallest absolute Gasteiger partial charge is 0.361 e. The van der Waals surface area contributed by atoms with E-state index < -0.39 is 17.1 Å². The molecule has 1 aliphatic carbocycles. The molecule has 4 rings (SSSR count). The van der Waals surface area contributed by atoms with Crippen LogP contribution in [0.3, 0.4) is 0 Å². The van der Waals surface area contributed by atoms with Gasteiger partial charge in [-0.15, -0.1) is 0 Å². The van der Waals surface area contributed by atoms with Gasteiger partial charge in [-0.05, 0) is 50.7 Å². The van der Waals surface area contributed by atoms with Crippen molar-refractivity contribution in [2.75, 3.05) is 0 Å². The van der Waals surface area contributed by atoms with E-state index in [2.05, 4.69) is 22.1 Å². The minimum Gasteiger partial charge on any atom is -0.481 e. The Balaban J connectivity index is 0.00000167. The van der Waals surface area contributed by atoms with Gasteiger partial charge in [-0.2, -0.15) is 0 Å². The van der Waals surface area contributed by atoms with Gasteiger partial charge in [0.1, 0.15) is 18.0 Å². The van der Waals surface area contributed by atoms with Crippen LogP contribution < -0.4 is 10.3 Å². The summed E-state index contributed by atoms with van der Waals surface area (Å²) in [6.45, 7) is 9.50. The summed E-state index contributed by atoms with van der Waals surface area (Å²) in [7, 11) is 0. The summed E-state index contributed by atoms with van der Waals surface area (Å²) in [6.07, 6.45) is 2.93. The van der Waals surface area contributed by atoms with Crippen molar-refractivity contribution >= 4 is 5.97 Å². The lowest BCUT2D eigenvalue weighted by Gasteiger charge is -2.22. The number of nitrogens with one attached hydrogen (secondary N) is 1. The average molecular weight is 477 g/mol. The van der Waals surface area contributed by atoms with Gasteiger partial charge in [0.15, 0.2) is 5.69 Å². The molecule has 2 unspecified atom stereocenters. The Morgan fingerprint density at radius 3 is 2.20 bits per heavy atom. The fourth-order valence-electron chi connectivity index (χ4n) is 4.37. The zero-order chi connectivity index (χ0) is 25.4. The number of aromatic nitrogens is 2. The molecule has 3 aromatic rings. The molecule has 1 aromatic heterocycles. The number of carbonyl (C=O) groups is 1. The van der Waals surface area contributed by atoms with Crippen LogP contribution in [0.2, 0.25) is 0 Å². The number of hydrogen-bond donors (Lipinski definition) is 1. The van der Waals surface area contributed by atoms with Crippen molar-refractivity contribution in [1.82, 2.24) is 9.97 Å². The molecule has 1 aliphatic rings. The zero-order valence-electron chi connectivity index (χ0n) is 21.3. The molecule has 0 amide bonds. The molecule has 6 heteroatoms. The van der Waals surface area contributed by atoms with Gasteiger partial charge < -0.3 is 14.5 Å². The summed E-state index contributed by atoms with van der Waals surface area (Å²) < 4.78 is 11.4. The Labute approximate surface area is 207 Å². The minimum absolute atomic E-state index is 0.0180. The Bertz CT molecular complexity index is 1150. The molecule has 0 saturated heterocycles. The molecular weight excluding hydrogens is 440 g/mol. The first-order chi connectivity index (χ1) is 16.8. The van der Waals surface area contributed by atoms with Crippen LogP contribution in [0.4, 0.5) is 0 Å². The van der Waals surface area contributed by atoms with Gasteiger partial charge in [0.05, 0.1) is 0 Å². The van der Waals surface area contributed by atoms with Gasteiger partial charge >= 0.3 is 5.97 Å². The van der Waals surface area contributed by atoms with Crippen molar-refractivity contribution in [3.05, 3.63) is 93.7 Å². The second kappa shape index (κ2) is 11.8. The van der Waals surface area contributed by atoms with Crippen LogP contribution in [0.1, 0.15) is 93.2 Å². The maximum absolute atomic E-state index is 13.1. The Morgan fingerprint density at radius 1 is 0.971 bits per heavy atom. The van der Waals surface area contributed by atoms with Crippen molar-refractivity contribution in [3.63, 3.8) is 0 Å². The molecule has 1 saturated carbocycles. The Hall–Kier alpha value is -3.41. The highest BCUT2D eigenvalue weighted by Gasteiger charge is 2.34. The summed E-state index contributed by atoms with van der Waals surface area (Å²) >= 11 is 0. The van der Waals surface area contributed by atoms with Crippen molar-refractivity contribution in [1.29, 1.82) is 0 Å². The van der Waals surface area contributed by atoms with Crippen LogP contribution in [0.5, 0.6) is 5.75 Å². The van der Waals surface area contributed by atoms with Crippen molar-refractivity contribution in [3.8, 4) is 5.75 Å². The highest BCUT2D eigenvalue weighted by molar-refractivity contribution is 5.90. The van der Waals surface area contributed by atoms with Gasteiger partial charge in [0.25, 0.3) is 5.56 Å². The molecular formula is C29H36N2O4. The topological polar surface area (TPSA) is 81.3 Å². The fourth-order valence-corrected chi connectivity index (χ4v) is 4.37. The van der Waals surface area contributed by atoms with E-state index in [1.807, 2.05) is 62.4 Å². The van der Waals surface area contributed by atoms with Crippen molar-refractivity contribution in [2.24, 2.45) is 0 Å². The first kappa shape index (κ1) is 26.2. The maximum atomic E-state index is 13.1. The SMILES string of the molecule is CC.CC(C)(C)OC(=O)c1nc(C2CCCC2c2ccccc2)[nH]c(=O)c1OCc1ccccc1. The summed E-state index contributed by atoms with van der Waals surface area (Å²) in [5.41, 5.74) is 0.841. The highest BCUT2D eigenvalue weighted by Crippen LogP contribution is 2.44. The number of rotatable bonds is 6. The molecule has 186 valence electrons. The number of H-pyrrole nitrogens is 1. The van der Waals surface area contributed by atoms with Crippen LogP contribution >= 0.6 is 0 Å². The molecule has 1 fully saturated rings. The molecule has 0 aliphatic heterocycles. The molecule has 0 spiro atoms. The molecule has 35 heavy (non-hydrogen) atoms. The monoisotopic (exact) mass is 476 g/mol. The van der Waals surface area contributed by atoms with E-state index in [0.717, 1.165) is 24.8 Å². The molecule has 1 N–H and O–H groups in total. The molecule has 0 radical (unpaired) electrons. The van der Waals surface area contributed by atoms with Gasteiger partial charge in [-0.3, -0.25) is 4.79 Å². The lowest BCUT2D eigenvalue weighted by Crippen LogP contribution is -2.28. The van der Waals surface area contributed by atoms with E-state index in [9.17, 15) is 9.59 Å². The molecule has 1 heterocycles. The van der Waals surface area contributed by atoms with E-state index in [4.69, 9.17) is 9.47 Å². The molecule has 6 nitrogen and oxygen atoms in total. The van der Waals surface area contributed by atoms with Gasteiger partial charge in [0, 0.05) is 5.92 Å². The first-order valence-electron chi connectivity index (χ1n) is 12.4. The third-order valence-corrected chi connectivity index (χ3v) is 5.81. The number of aromatic amines is 1. The van der Waals surface area contributed by atoms with Gasteiger partial charge in [-0.25, -0.2) is 9.78 Å². The maximum Gasteiger partial charge on any atom is 0.361 e. The number of hydrogen-bond acceptors (Lipinski definition) is 5. The quantitative estimate of drug-likeness (QED) is 0.417. The van der Waals surface area contributed by atoms with Gasteiger partial charge in [0.2, 0.25) is 5.75 Å². The van der Waals surface area contributed by atoms with E-state index in [1.165, 1.54) is 5.56 Å². The van der Waals surface area contributed by atoms with E-state index >= 15 is 0 Å². The highest BCUT2D eigenvalue weighted by atomic mass is 16.6. The summed E-state index contributed by atoms with van der Waals surface area (Å²) in [5, 5.41) is 0. The van der Waals surface area contributed by atoms with E-state index in [-0.39, 0.29) is 29.9 Å².